The normalized spacial score (nSPS) is 24.1. The molecule has 1 aliphatic carbocycles. The summed E-state index contributed by atoms with van der Waals surface area (Å²) >= 11 is 0. The third-order valence-electron chi connectivity index (χ3n) is 4.30. The van der Waals surface area contributed by atoms with Crippen molar-refractivity contribution in [3.05, 3.63) is 0 Å². The Morgan fingerprint density at radius 2 is 2.00 bits per heavy atom. The number of carboxylic acids is 1. The smallest absolute Gasteiger partial charge is 0.310 e. The molecule has 116 valence electrons. The molecule has 0 radical (unpaired) electrons. The van der Waals surface area contributed by atoms with Crippen LogP contribution >= 0.6 is 0 Å². The predicted molar refractivity (Wildman–Crippen MR) is 72.1 cm³/mol. The van der Waals surface area contributed by atoms with Gasteiger partial charge in [0.25, 0.3) is 5.91 Å². The first kappa shape index (κ1) is 15.5. The molecule has 0 bridgehead atoms. The molecule has 1 heterocycles. The zero-order chi connectivity index (χ0) is 15.8. The van der Waals surface area contributed by atoms with Gasteiger partial charge < -0.3 is 10.4 Å². The first-order valence-electron chi connectivity index (χ1n) is 7.15. The fourth-order valence-corrected chi connectivity index (χ4v) is 2.93. The fourth-order valence-electron chi connectivity index (χ4n) is 2.93. The quantitative estimate of drug-likeness (QED) is 0.709. The van der Waals surface area contributed by atoms with Crippen molar-refractivity contribution in [2.45, 2.75) is 58.0 Å². The van der Waals surface area contributed by atoms with E-state index in [1.54, 1.807) is 13.8 Å². The molecule has 3 amide bonds. The second-order valence-corrected chi connectivity index (χ2v) is 6.14. The van der Waals surface area contributed by atoms with Gasteiger partial charge in [-0.2, -0.15) is 0 Å². The van der Waals surface area contributed by atoms with E-state index in [0.29, 0.717) is 12.8 Å². The maximum absolute atomic E-state index is 12.0. The van der Waals surface area contributed by atoms with Crippen molar-refractivity contribution >= 4 is 23.7 Å². The van der Waals surface area contributed by atoms with E-state index in [0.717, 1.165) is 11.3 Å². The van der Waals surface area contributed by atoms with E-state index in [4.69, 9.17) is 0 Å². The summed E-state index contributed by atoms with van der Waals surface area (Å²) in [4.78, 5) is 48.1. The van der Waals surface area contributed by atoms with Crippen LogP contribution in [0.4, 0.5) is 0 Å². The number of likely N-dealkylation sites (tertiary alicyclic amines) is 1. The number of carbonyl (C=O) groups excluding carboxylic acids is 3. The average molecular weight is 296 g/mol. The van der Waals surface area contributed by atoms with E-state index >= 15 is 0 Å². The summed E-state index contributed by atoms with van der Waals surface area (Å²) in [7, 11) is 0. The van der Waals surface area contributed by atoms with Gasteiger partial charge in [-0.3, -0.25) is 24.1 Å². The highest BCUT2D eigenvalue weighted by Crippen LogP contribution is 2.44. The van der Waals surface area contributed by atoms with Crippen LogP contribution in [0, 0.1) is 5.41 Å². The maximum atomic E-state index is 12.0. The topological polar surface area (TPSA) is 104 Å². The molecule has 0 aromatic heterocycles. The van der Waals surface area contributed by atoms with Gasteiger partial charge in [0.1, 0.15) is 6.04 Å². The van der Waals surface area contributed by atoms with Crippen molar-refractivity contribution < 1.29 is 24.3 Å². The Labute approximate surface area is 122 Å². The molecule has 0 spiro atoms. The molecular weight excluding hydrogens is 276 g/mol. The minimum Gasteiger partial charge on any atom is -0.481 e. The van der Waals surface area contributed by atoms with Crippen LogP contribution in [0.1, 0.15) is 46.0 Å². The summed E-state index contributed by atoms with van der Waals surface area (Å²) in [6.07, 6.45) is 1.56. The first-order chi connectivity index (χ1) is 9.77. The van der Waals surface area contributed by atoms with Gasteiger partial charge in [0.2, 0.25) is 11.8 Å². The Morgan fingerprint density at radius 1 is 1.38 bits per heavy atom. The van der Waals surface area contributed by atoms with Crippen LogP contribution in [-0.4, -0.2) is 45.8 Å². The van der Waals surface area contributed by atoms with Gasteiger partial charge >= 0.3 is 5.97 Å². The lowest BCUT2D eigenvalue weighted by Crippen LogP contribution is -2.47. The predicted octanol–water partition coefficient (Wildman–Crippen LogP) is 0.283. The van der Waals surface area contributed by atoms with Gasteiger partial charge in [0, 0.05) is 12.5 Å². The number of imide groups is 1. The van der Waals surface area contributed by atoms with Crippen molar-refractivity contribution in [3.63, 3.8) is 0 Å². The zero-order valence-corrected chi connectivity index (χ0v) is 12.2. The number of hydrogen-bond donors (Lipinski definition) is 2. The van der Waals surface area contributed by atoms with Crippen LogP contribution in [0.5, 0.6) is 0 Å². The van der Waals surface area contributed by atoms with Crippen molar-refractivity contribution in [3.8, 4) is 0 Å². The minimum absolute atomic E-state index is 0.0528. The van der Waals surface area contributed by atoms with E-state index in [1.165, 1.54) is 0 Å². The summed E-state index contributed by atoms with van der Waals surface area (Å²) in [5, 5.41) is 11.7. The molecular formula is C14H20N2O5. The fraction of sp³-hybridized carbons (Fsp3) is 0.714. The summed E-state index contributed by atoms with van der Waals surface area (Å²) in [5.74, 6) is -2.17. The second-order valence-electron chi connectivity index (χ2n) is 6.14. The largest absolute Gasteiger partial charge is 0.481 e. The lowest BCUT2D eigenvalue weighted by Gasteiger charge is -2.37. The van der Waals surface area contributed by atoms with E-state index in [9.17, 15) is 24.3 Å². The van der Waals surface area contributed by atoms with Crippen molar-refractivity contribution in [1.29, 1.82) is 0 Å². The van der Waals surface area contributed by atoms with Crippen molar-refractivity contribution in [2.24, 2.45) is 5.41 Å². The molecule has 1 atom stereocenters. The van der Waals surface area contributed by atoms with Crippen LogP contribution in [-0.2, 0) is 19.2 Å². The first-order valence-corrected chi connectivity index (χ1v) is 7.15. The number of nitrogens with zero attached hydrogens (tertiary/aromatic N) is 1. The van der Waals surface area contributed by atoms with Gasteiger partial charge in [-0.1, -0.05) is 6.42 Å². The number of rotatable bonds is 5. The highest BCUT2D eigenvalue weighted by Gasteiger charge is 2.47. The number of aliphatic carboxylic acids is 1. The molecule has 7 heteroatoms. The summed E-state index contributed by atoms with van der Waals surface area (Å²) < 4.78 is 0. The average Bonchev–Trinajstić information content (AvgIpc) is 2.58. The maximum Gasteiger partial charge on any atom is 0.310 e. The van der Waals surface area contributed by atoms with Crippen LogP contribution in [0.2, 0.25) is 0 Å². The Hall–Kier alpha value is -1.92. The number of nitrogens with one attached hydrogen (secondary N) is 1. The lowest BCUT2D eigenvalue weighted by atomic mass is 9.66. The Morgan fingerprint density at radius 3 is 2.38 bits per heavy atom. The molecule has 2 aliphatic rings. The zero-order valence-electron chi connectivity index (χ0n) is 12.2. The summed E-state index contributed by atoms with van der Waals surface area (Å²) in [6.45, 7) is 3.46. The van der Waals surface area contributed by atoms with Crippen LogP contribution in [0.15, 0.2) is 0 Å². The third kappa shape index (κ3) is 2.77. The number of carboxylic acid groups (broad SMARTS) is 1. The number of carbonyl (C=O) groups is 4. The Balaban J connectivity index is 1.96. The Kier molecular flexibility index (Phi) is 4.02. The molecule has 2 rings (SSSR count). The van der Waals surface area contributed by atoms with E-state index in [-0.39, 0.29) is 24.8 Å². The van der Waals surface area contributed by atoms with Gasteiger partial charge in [0.05, 0.1) is 11.8 Å². The molecule has 2 N–H and O–H groups in total. The molecule has 1 saturated heterocycles. The molecule has 21 heavy (non-hydrogen) atoms. The standard InChI is InChI=1S/C14H20N2O5/c1-8(2)16-11(18)6-9(12(16)19)15-10(17)7-14(13(20)21)4-3-5-14/h8-9H,3-7H2,1-2H3,(H,15,17)(H,20,21). The van der Waals surface area contributed by atoms with Crippen LogP contribution in [0.3, 0.4) is 0 Å². The minimum atomic E-state index is -0.993. The Bertz CT molecular complexity index is 496. The molecule has 1 unspecified atom stereocenters. The third-order valence-corrected chi connectivity index (χ3v) is 4.30. The highest BCUT2D eigenvalue weighted by molar-refractivity contribution is 6.07. The van der Waals surface area contributed by atoms with E-state index in [1.807, 2.05) is 0 Å². The van der Waals surface area contributed by atoms with E-state index in [2.05, 4.69) is 5.32 Å². The van der Waals surface area contributed by atoms with Gasteiger partial charge in [-0.15, -0.1) is 0 Å². The van der Waals surface area contributed by atoms with Crippen molar-refractivity contribution in [1.82, 2.24) is 10.2 Å². The van der Waals surface area contributed by atoms with Crippen molar-refractivity contribution in [2.75, 3.05) is 0 Å². The molecule has 7 nitrogen and oxygen atoms in total. The van der Waals surface area contributed by atoms with Gasteiger partial charge in [-0.05, 0) is 26.7 Å². The van der Waals surface area contributed by atoms with Crippen LogP contribution in [0.25, 0.3) is 0 Å². The molecule has 2 fully saturated rings. The SMILES string of the molecule is CC(C)N1C(=O)CC(NC(=O)CC2(C(=O)O)CCC2)C1=O. The van der Waals surface area contributed by atoms with E-state index < -0.39 is 29.2 Å². The number of hydrogen-bond acceptors (Lipinski definition) is 4. The molecule has 1 aliphatic heterocycles. The molecule has 1 saturated carbocycles. The second kappa shape index (κ2) is 5.46. The highest BCUT2D eigenvalue weighted by atomic mass is 16.4. The number of amides is 3. The van der Waals surface area contributed by atoms with Crippen LogP contribution < -0.4 is 5.32 Å². The lowest BCUT2D eigenvalue weighted by molar-refractivity contribution is -0.157. The molecule has 0 aromatic rings. The van der Waals surface area contributed by atoms with Gasteiger partial charge in [-0.25, -0.2) is 0 Å². The molecule has 0 aromatic carbocycles. The monoisotopic (exact) mass is 296 g/mol. The summed E-state index contributed by atoms with van der Waals surface area (Å²) in [6, 6.07) is -1.11. The van der Waals surface area contributed by atoms with Gasteiger partial charge in [0.15, 0.2) is 0 Å². The summed E-state index contributed by atoms with van der Waals surface area (Å²) in [5.41, 5.74) is -0.993.